The number of benzene rings is 1. The van der Waals surface area contributed by atoms with E-state index in [1.54, 1.807) is 36.5 Å². The number of hydrogen-bond acceptors (Lipinski definition) is 9. The molecule has 1 fully saturated rings. The highest BCUT2D eigenvalue weighted by Crippen LogP contribution is 2.35. The summed E-state index contributed by atoms with van der Waals surface area (Å²) in [5.74, 6) is 0.410. The van der Waals surface area contributed by atoms with Crippen LogP contribution in [0.1, 0.15) is 15.4 Å². The maximum Gasteiger partial charge on any atom is 0.445 e. The van der Waals surface area contributed by atoms with Crippen LogP contribution in [-0.2, 0) is 6.18 Å². The van der Waals surface area contributed by atoms with Gasteiger partial charge in [-0.1, -0.05) is 23.5 Å². The first-order valence-corrected chi connectivity index (χ1v) is 11.5. The van der Waals surface area contributed by atoms with Crippen LogP contribution in [0.4, 0.5) is 24.9 Å². The number of nitrogens with one attached hydrogen (secondary N) is 1. The van der Waals surface area contributed by atoms with Gasteiger partial charge in [-0.15, -0.1) is 10.2 Å². The lowest BCUT2D eigenvalue weighted by molar-refractivity contribution is -0.138. The van der Waals surface area contributed by atoms with Crippen LogP contribution < -0.4 is 10.2 Å². The summed E-state index contributed by atoms with van der Waals surface area (Å²) in [4.78, 5) is 30.1. The van der Waals surface area contributed by atoms with Crippen molar-refractivity contribution in [3.63, 3.8) is 0 Å². The lowest BCUT2D eigenvalue weighted by Crippen LogP contribution is -2.44. The number of carbonyl (C=O) groups excluding carboxylic acids is 1. The van der Waals surface area contributed by atoms with Crippen LogP contribution in [0.2, 0.25) is 0 Å². The number of anilines is 2. The zero-order valence-corrected chi connectivity index (χ0v) is 19.3. The van der Waals surface area contributed by atoms with Gasteiger partial charge in [0.05, 0.1) is 5.52 Å². The first-order chi connectivity index (χ1) is 16.8. The van der Waals surface area contributed by atoms with Crippen LogP contribution in [-0.4, -0.2) is 69.2 Å². The fourth-order valence-electron chi connectivity index (χ4n) is 3.61. The smallest absolute Gasteiger partial charge is 0.354 e. The number of rotatable bonds is 4. The molecule has 3 aromatic heterocycles. The Hall–Kier alpha value is -3.71. The number of pyridine rings is 1. The molecule has 1 aliphatic heterocycles. The molecule has 13 heteroatoms. The van der Waals surface area contributed by atoms with Crippen LogP contribution in [0, 0.1) is 0 Å². The van der Waals surface area contributed by atoms with E-state index in [4.69, 9.17) is 0 Å². The third kappa shape index (κ3) is 5.05. The summed E-state index contributed by atoms with van der Waals surface area (Å²) in [6.07, 6.45) is -1.43. The van der Waals surface area contributed by atoms with Crippen molar-refractivity contribution in [1.82, 2.24) is 30.0 Å². The molecule has 4 aromatic rings. The van der Waals surface area contributed by atoms with Gasteiger partial charge in [0.1, 0.15) is 10.8 Å². The minimum absolute atomic E-state index is 0.0749. The molecule has 0 bridgehead atoms. The number of hydrogen-bond donors (Lipinski definition) is 1. The average Bonchev–Trinajstić information content (AvgIpc) is 3.35. The maximum absolute atomic E-state index is 12.9. The van der Waals surface area contributed by atoms with E-state index >= 15 is 0 Å². The van der Waals surface area contributed by atoms with Crippen LogP contribution in [0.5, 0.6) is 0 Å². The Kier molecular flexibility index (Phi) is 6.03. The largest absolute Gasteiger partial charge is 0.445 e. The Morgan fingerprint density at radius 3 is 2.60 bits per heavy atom. The minimum Gasteiger partial charge on any atom is -0.354 e. The minimum atomic E-state index is -4.55. The van der Waals surface area contributed by atoms with Gasteiger partial charge in [0.2, 0.25) is 11.0 Å². The van der Waals surface area contributed by atoms with Crippen molar-refractivity contribution in [2.45, 2.75) is 6.18 Å². The molecule has 4 heterocycles. The number of carbonyl (C=O) groups is 1. The third-order valence-corrected chi connectivity index (χ3v) is 6.57. The molecule has 5 rings (SSSR count). The number of likely N-dealkylation sites (N-methyl/N-ethyl adjacent to an activating group) is 1. The van der Waals surface area contributed by atoms with Crippen molar-refractivity contribution >= 4 is 39.9 Å². The number of nitrogens with zero attached hydrogens (tertiary/aromatic N) is 7. The quantitative estimate of drug-likeness (QED) is 0.454. The number of alkyl halides is 3. The molecule has 35 heavy (non-hydrogen) atoms. The van der Waals surface area contributed by atoms with E-state index in [1.807, 2.05) is 0 Å². The second-order valence-corrected chi connectivity index (χ2v) is 9.00. The van der Waals surface area contributed by atoms with Crippen LogP contribution >= 0.6 is 11.3 Å². The fourth-order valence-corrected chi connectivity index (χ4v) is 4.32. The van der Waals surface area contributed by atoms with E-state index in [1.165, 1.54) is 6.20 Å². The Balaban J connectivity index is 1.35. The van der Waals surface area contributed by atoms with E-state index in [2.05, 4.69) is 47.3 Å². The first-order valence-electron chi connectivity index (χ1n) is 10.6. The molecule has 9 nitrogen and oxygen atoms in total. The Morgan fingerprint density at radius 1 is 1.06 bits per heavy atom. The summed E-state index contributed by atoms with van der Waals surface area (Å²) in [6, 6.07) is 8.23. The van der Waals surface area contributed by atoms with Gasteiger partial charge in [-0.25, -0.2) is 15.0 Å². The van der Waals surface area contributed by atoms with Gasteiger partial charge in [0.25, 0.3) is 5.91 Å². The van der Waals surface area contributed by atoms with E-state index in [0.29, 0.717) is 33.4 Å². The zero-order valence-electron chi connectivity index (χ0n) is 18.5. The number of halogens is 3. The van der Waals surface area contributed by atoms with Crippen molar-refractivity contribution < 1.29 is 18.0 Å². The van der Waals surface area contributed by atoms with Gasteiger partial charge in [-0.2, -0.15) is 13.2 Å². The van der Waals surface area contributed by atoms with E-state index in [-0.39, 0.29) is 11.0 Å². The van der Waals surface area contributed by atoms with Gasteiger partial charge in [0, 0.05) is 55.1 Å². The lowest BCUT2D eigenvalue weighted by atomic mass is 10.1. The first kappa shape index (κ1) is 23.1. The highest BCUT2D eigenvalue weighted by atomic mass is 32.1. The number of aromatic nitrogens is 5. The van der Waals surface area contributed by atoms with E-state index < -0.39 is 17.1 Å². The fraction of sp³-hybridized carbons (Fsp3) is 0.273. The van der Waals surface area contributed by atoms with Gasteiger partial charge in [-0.3, -0.25) is 10.1 Å². The normalized spacial score (nSPS) is 14.9. The Morgan fingerprint density at radius 2 is 1.86 bits per heavy atom. The summed E-state index contributed by atoms with van der Waals surface area (Å²) in [7, 11) is 2.06. The van der Waals surface area contributed by atoms with Crippen molar-refractivity contribution in [2.24, 2.45) is 0 Å². The molecule has 0 radical (unpaired) electrons. The lowest BCUT2D eigenvalue weighted by Gasteiger charge is -2.33. The van der Waals surface area contributed by atoms with Crippen molar-refractivity contribution in [3.8, 4) is 10.6 Å². The Bertz CT molecular complexity index is 1380. The van der Waals surface area contributed by atoms with Crippen LogP contribution in [0.15, 0.2) is 42.7 Å². The summed E-state index contributed by atoms with van der Waals surface area (Å²) >= 11 is 0.454. The molecule has 1 aromatic carbocycles. The molecule has 0 spiro atoms. The van der Waals surface area contributed by atoms with Gasteiger partial charge in [-0.05, 0) is 25.2 Å². The SMILES string of the molecule is CN1CCN(c2cc(C(=O)Nc3ncc4ccc(-c5nnc(C(F)(F)F)s5)cc4n3)ccn2)CC1. The molecule has 0 aliphatic carbocycles. The highest BCUT2D eigenvalue weighted by Gasteiger charge is 2.35. The standard InChI is InChI=1S/C22H19F3N8OS/c1-32-6-8-33(9-7-32)17-11-13(4-5-26-17)18(34)29-21-27-12-15-3-2-14(10-16(15)28-21)19-30-31-20(35-19)22(23,24)25/h2-5,10-12H,6-9H2,1H3,(H,27,28,29,34). The van der Waals surface area contributed by atoms with Crippen molar-refractivity contribution in [3.05, 3.63) is 53.3 Å². The van der Waals surface area contributed by atoms with Gasteiger partial charge >= 0.3 is 6.18 Å². The molecule has 1 aliphatic rings. The van der Waals surface area contributed by atoms with E-state index in [9.17, 15) is 18.0 Å². The van der Waals surface area contributed by atoms with E-state index in [0.717, 1.165) is 32.0 Å². The predicted octanol–water partition coefficient (Wildman–Crippen LogP) is 3.57. The summed E-state index contributed by atoms with van der Waals surface area (Å²) < 4.78 is 38.6. The number of fused-ring (bicyclic) bond motifs is 1. The second-order valence-electron chi connectivity index (χ2n) is 8.02. The number of piperazine rings is 1. The molecule has 1 N–H and O–H groups in total. The maximum atomic E-state index is 12.9. The molecular weight excluding hydrogens is 481 g/mol. The van der Waals surface area contributed by atoms with Crippen molar-refractivity contribution in [1.29, 1.82) is 0 Å². The molecule has 0 atom stereocenters. The second kappa shape index (κ2) is 9.15. The zero-order chi connectivity index (χ0) is 24.6. The van der Waals surface area contributed by atoms with Crippen LogP contribution in [0.3, 0.4) is 0 Å². The highest BCUT2D eigenvalue weighted by molar-refractivity contribution is 7.14. The monoisotopic (exact) mass is 500 g/mol. The molecule has 0 unspecified atom stereocenters. The third-order valence-electron chi connectivity index (χ3n) is 5.56. The predicted molar refractivity (Wildman–Crippen MR) is 125 cm³/mol. The number of amides is 1. The summed E-state index contributed by atoms with van der Waals surface area (Å²) in [5.41, 5.74) is 1.30. The van der Waals surface area contributed by atoms with Crippen LogP contribution in [0.25, 0.3) is 21.5 Å². The van der Waals surface area contributed by atoms with Gasteiger partial charge in [0.15, 0.2) is 0 Å². The summed E-state index contributed by atoms with van der Waals surface area (Å²) in [6.45, 7) is 3.48. The molecule has 0 saturated carbocycles. The molecule has 1 saturated heterocycles. The molecular formula is C22H19F3N8OS. The average molecular weight is 501 g/mol. The summed E-state index contributed by atoms with van der Waals surface area (Å²) in [5, 5.41) is 9.31. The Labute approximate surface area is 201 Å². The topological polar surface area (TPSA) is 100 Å². The van der Waals surface area contributed by atoms with Gasteiger partial charge < -0.3 is 9.80 Å². The molecule has 1 amide bonds. The van der Waals surface area contributed by atoms with Crippen molar-refractivity contribution in [2.75, 3.05) is 43.4 Å². The molecule has 180 valence electrons.